The van der Waals surface area contributed by atoms with Gasteiger partial charge in [-0.3, -0.25) is 9.59 Å². The van der Waals surface area contributed by atoms with Gasteiger partial charge in [0, 0.05) is 25.4 Å². The molecule has 0 aromatic heterocycles. The lowest BCUT2D eigenvalue weighted by Crippen LogP contribution is -2.52. The summed E-state index contributed by atoms with van der Waals surface area (Å²) in [6.07, 6.45) is 10.6. The van der Waals surface area contributed by atoms with E-state index in [1.54, 1.807) is 0 Å². The SMILES string of the molecule is O=C(CCN1CCCCC1)NCC[C@H]1CC[C@H](NC(=O)C2CCCC2)[C@@H](CO)O1. The third-order valence-electron chi connectivity index (χ3n) is 6.74. The van der Waals surface area contributed by atoms with Gasteiger partial charge in [0.2, 0.25) is 11.8 Å². The van der Waals surface area contributed by atoms with Crippen LogP contribution in [0.4, 0.5) is 0 Å². The monoisotopic (exact) mass is 409 g/mol. The van der Waals surface area contributed by atoms with Crippen molar-refractivity contribution in [3.63, 3.8) is 0 Å². The Morgan fingerprint density at radius 1 is 1.00 bits per heavy atom. The van der Waals surface area contributed by atoms with Gasteiger partial charge in [0.25, 0.3) is 0 Å². The molecule has 0 unspecified atom stereocenters. The minimum absolute atomic E-state index is 0.0224. The van der Waals surface area contributed by atoms with E-state index >= 15 is 0 Å². The minimum Gasteiger partial charge on any atom is -0.394 e. The fraction of sp³-hybridized carbons (Fsp3) is 0.909. The summed E-state index contributed by atoms with van der Waals surface area (Å²) in [5, 5.41) is 15.8. The van der Waals surface area contributed by atoms with Gasteiger partial charge >= 0.3 is 0 Å². The second kappa shape index (κ2) is 11.9. The third kappa shape index (κ3) is 7.23. The highest BCUT2D eigenvalue weighted by Gasteiger charge is 2.33. The first-order valence-corrected chi connectivity index (χ1v) is 11.7. The lowest BCUT2D eigenvalue weighted by atomic mass is 9.96. The molecule has 0 radical (unpaired) electrons. The summed E-state index contributed by atoms with van der Waals surface area (Å²) in [5.74, 6) is 0.355. The molecular weight excluding hydrogens is 370 g/mol. The van der Waals surface area contributed by atoms with Gasteiger partial charge in [-0.25, -0.2) is 0 Å². The molecule has 0 aromatic rings. The molecule has 3 fully saturated rings. The highest BCUT2D eigenvalue weighted by atomic mass is 16.5. The first-order chi connectivity index (χ1) is 14.2. The van der Waals surface area contributed by atoms with Crippen LogP contribution in [0.1, 0.15) is 70.6 Å². The van der Waals surface area contributed by atoms with E-state index in [0.717, 1.165) is 64.6 Å². The van der Waals surface area contributed by atoms with Gasteiger partial charge < -0.3 is 25.4 Å². The summed E-state index contributed by atoms with van der Waals surface area (Å²) in [6, 6.07) is -0.108. The molecule has 1 aliphatic carbocycles. The summed E-state index contributed by atoms with van der Waals surface area (Å²) in [4.78, 5) is 26.8. The largest absolute Gasteiger partial charge is 0.394 e. The van der Waals surface area contributed by atoms with Gasteiger partial charge in [0.15, 0.2) is 0 Å². The Hall–Kier alpha value is -1.18. The molecule has 7 heteroatoms. The maximum Gasteiger partial charge on any atom is 0.223 e. The van der Waals surface area contributed by atoms with Crippen LogP contribution < -0.4 is 10.6 Å². The number of ether oxygens (including phenoxy) is 1. The summed E-state index contributed by atoms with van der Waals surface area (Å²) in [6.45, 7) is 3.59. The van der Waals surface area contributed by atoms with Crippen molar-refractivity contribution in [2.24, 2.45) is 5.92 Å². The molecule has 0 bridgehead atoms. The number of carbonyl (C=O) groups is 2. The van der Waals surface area contributed by atoms with E-state index in [1.165, 1.54) is 19.3 Å². The number of aliphatic hydroxyl groups is 1. The molecule has 0 spiro atoms. The topological polar surface area (TPSA) is 90.9 Å². The number of nitrogens with one attached hydrogen (secondary N) is 2. The van der Waals surface area contributed by atoms with E-state index in [4.69, 9.17) is 4.74 Å². The zero-order valence-electron chi connectivity index (χ0n) is 17.7. The first-order valence-electron chi connectivity index (χ1n) is 11.7. The van der Waals surface area contributed by atoms with Crippen LogP contribution in [0.2, 0.25) is 0 Å². The number of hydrogen-bond acceptors (Lipinski definition) is 5. The summed E-state index contributed by atoms with van der Waals surface area (Å²) in [5.41, 5.74) is 0. The van der Waals surface area contributed by atoms with Crippen molar-refractivity contribution in [3.8, 4) is 0 Å². The van der Waals surface area contributed by atoms with E-state index < -0.39 is 0 Å². The molecule has 2 aliphatic heterocycles. The molecule has 3 N–H and O–H groups in total. The molecule has 3 aliphatic rings. The summed E-state index contributed by atoms with van der Waals surface area (Å²) in [7, 11) is 0. The standard InChI is InChI=1S/C22H39N3O4/c26-16-20-19(24-22(28)17-6-2-3-7-17)9-8-18(29-20)10-12-23-21(27)11-15-25-13-4-1-5-14-25/h17-20,26H,1-16H2,(H,23,27)(H,24,28)/t18-,19+,20-/m1/s1. The van der Waals surface area contributed by atoms with Crippen LogP contribution in [0.5, 0.6) is 0 Å². The number of nitrogens with zero attached hydrogens (tertiary/aromatic N) is 1. The first kappa shape index (κ1) is 22.5. The Balaban J connectivity index is 1.30. The summed E-state index contributed by atoms with van der Waals surface area (Å²) >= 11 is 0. The molecule has 2 saturated heterocycles. The third-order valence-corrected chi connectivity index (χ3v) is 6.74. The Bertz CT molecular complexity index is 518. The average molecular weight is 410 g/mol. The van der Waals surface area contributed by atoms with E-state index in [9.17, 15) is 14.7 Å². The molecule has 166 valence electrons. The van der Waals surface area contributed by atoms with Crippen LogP contribution in [0.15, 0.2) is 0 Å². The van der Waals surface area contributed by atoms with Gasteiger partial charge in [0.05, 0.1) is 18.8 Å². The van der Waals surface area contributed by atoms with Crippen LogP contribution in [0.25, 0.3) is 0 Å². The van der Waals surface area contributed by atoms with Crippen molar-refractivity contribution in [1.82, 2.24) is 15.5 Å². The number of piperidine rings is 1. The van der Waals surface area contributed by atoms with E-state index in [1.807, 2.05) is 0 Å². The highest BCUT2D eigenvalue weighted by molar-refractivity contribution is 5.79. The quantitative estimate of drug-likeness (QED) is 0.538. The molecule has 3 atom stereocenters. The molecule has 1 saturated carbocycles. The Morgan fingerprint density at radius 2 is 1.76 bits per heavy atom. The van der Waals surface area contributed by atoms with Gasteiger partial charge in [0.1, 0.15) is 6.10 Å². The average Bonchev–Trinajstić information content (AvgIpc) is 3.29. The van der Waals surface area contributed by atoms with Crippen LogP contribution >= 0.6 is 0 Å². The lowest BCUT2D eigenvalue weighted by molar-refractivity contribution is -0.132. The van der Waals surface area contributed by atoms with Crippen LogP contribution in [-0.2, 0) is 14.3 Å². The molecule has 2 heterocycles. The highest BCUT2D eigenvalue weighted by Crippen LogP contribution is 2.26. The number of likely N-dealkylation sites (tertiary alicyclic amines) is 1. The maximum atomic E-state index is 12.4. The zero-order valence-corrected chi connectivity index (χ0v) is 17.7. The van der Waals surface area contributed by atoms with E-state index in [0.29, 0.717) is 13.0 Å². The maximum absolute atomic E-state index is 12.4. The van der Waals surface area contributed by atoms with Crippen molar-refractivity contribution in [1.29, 1.82) is 0 Å². The molecule has 3 rings (SSSR count). The Labute approximate surface area is 174 Å². The van der Waals surface area contributed by atoms with Crippen molar-refractivity contribution < 1.29 is 19.4 Å². The lowest BCUT2D eigenvalue weighted by Gasteiger charge is -2.36. The number of amides is 2. The Morgan fingerprint density at radius 3 is 2.48 bits per heavy atom. The number of hydrogen-bond donors (Lipinski definition) is 3. The predicted molar refractivity (Wildman–Crippen MR) is 111 cm³/mol. The van der Waals surface area contributed by atoms with Crippen molar-refractivity contribution in [2.75, 3.05) is 32.8 Å². The van der Waals surface area contributed by atoms with Crippen molar-refractivity contribution in [2.45, 2.75) is 88.9 Å². The van der Waals surface area contributed by atoms with Gasteiger partial charge in [-0.1, -0.05) is 19.3 Å². The van der Waals surface area contributed by atoms with Crippen molar-refractivity contribution >= 4 is 11.8 Å². The smallest absolute Gasteiger partial charge is 0.223 e. The van der Waals surface area contributed by atoms with Gasteiger partial charge in [-0.15, -0.1) is 0 Å². The minimum atomic E-state index is -0.353. The molecular formula is C22H39N3O4. The van der Waals surface area contributed by atoms with E-state index in [-0.39, 0.29) is 42.6 Å². The number of aliphatic hydroxyl groups excluding tert-OH is 1. The summed E-state index contributed by atoms with van der Waals surface area (Å²) < 4.78 is 6.02. The van der Waals surface area contributed by atoms with Crippen LogP contribution in [-0.4, -0.2) is 72.9 Å². The van der Waals surface area contributed by atoms with E-state index in [2.05, 4.69) is 15.5 Å². The van der Waals surface area contributed by atoms with Gasteiger partial charge in [-0.2, -0.15) is 0 Å². The Kier molecular flexibility index (Phi) is 9.21. The molecule has 29 heavy (non-hydrogen) atoms. The molecule has 0 aromatic carbocycles. The fourth-order valence-electron chi connectivity index (χ4n) is 4.90. The second-order valence-electron chi connectivity index (χ2n) is 8.94. The van der Waals surface area contributed by atoms with Crippen LogP contribution in [0, 0.1) is 5.92 Å². The number of rotatable bonds is 9. The molecule has 7 nitrogen and oxygen atoms in total. The zero-order chi connectivity index (χ0) is 20.5. The fourth-order valence-corrected chi connectivity index (χ4v) is 4.90. The number of carbonyl (C=O) groups excluding carboxylic acids is 2. The second-order valence-corrected chi connectivity index (χ2v) is 8.94. The normalized spacial score (nSPS) is 28.9. The van der Waals surface area contributed by atoms with Crippen LogP contribution in [0.3, 0.4) is 0 Å². The van der Waals surface area contributed by atoms with Crippen molar-refractivity contribution in [3.05, 3.63) is 0 Å². The predicted octanol–water partition coefficient (Wildman–Crippen LogP) is 1.58. The van der Waals surface area contributed by atoms with Gasteiger partial charge in [-0.05, 0) is 58.0 Å². The molecule has 2 amide bonds.